The van der Waals surface area contributed by atoms with E-state index in [4.69, 9.17) is 4.74 Å². The van der Waals surface area contributed by atoms with E-state index in [1.807, 2.05) is 12.1 Å². The molecule has 0 amide bonds. The first-order valence-corrected chi connectivity index (χ1v) is 6.93. The number of rotatable bonds is 3. The van der Waals surface area contributed by atoms with Crippen LogP contribution in [0.3, 0.4) is 0 Å². The SMILES string of the molecule is Cc1nc(C)c(CNC2COc3ccccc32)s1. The van der Waals surface area contributed by atoms with Gasteiger partial charge < -0.3 is 10.1 Å². The topological polar surface area (TPSA) is 34.2 Å². The van der Waals surface area contributed by atoms with Crippen molar-refractivity contribution in [2.24, 2.45) is 0 Å². The summed E-state index contributed by atoms with van der Waals surface area (Å²) < 4.78 is 5.66. The number of nitrogens with one attached hydrogen (secondary N) is 1. The number of ether oxygens (including phenoxy) is 1. The van der Waals surface area contributed by atoms with E-state index in [0.717, 1.165) is 29.6 Å². The molecule has 4 heteroatoms. The van der Waals surface area contributed by atoms with Crippen LogP contribution in [0.4, 0.5) is 0 Å². The van der Waals surface area contributed by atoms with Crippen LogP contribution < -0.4 is 10.1 Å². The van der Waals surface area contributed by atoms with E-state index in [9.17, 15) is 0 Å². The smallest absolute Gasteiger partial charge is 0.124 e. The van der Waals surface area contributed by atoms with Crippen LogP contribution in [0.1, 0.15) is 27.2 Å². The molecular weight excluding hydrogens is 244 g/mol. The van der Waals surface area contributed by atoms with Crippen LogP contribution in [-0.2, 0) is 6.54 Å². The number of thiazole rings is 1. The molecule has 1 atom stereocenters. The quantitative estimate of drug-likeness (QED) is 0.921. The normalized spacial score (nSPS) is 17.6. The zero-order chi connectivity index (χ0) is 12.5. The lowest BCUT2D eigenvalue weighted by molar-refractivity contribution is 0.311. The molecule has 94 valence electrons. The maximum atomic E-state index is 5.66. The summed E-state index contributed by atoms with van der Waals surface area (Å²) in [4.78, 5) is 5.76. The standard InChI is InChI=1S/C14H16N2OS/c1-9-14(18-10(2)16-9)7-15-12-8-17-13-6-4-3-5-11(12)13/h3-6,12,15H,7-8H2,1-2H3. The van der Waals surface area contributed by atoms with Gasteiger partial charge in [0.2, 0.25) is 0 Å². The van der Waals surface area contributed by atoms with E-state index in [1.54, 1.807) is 11.3 Å². The Morgan fingerprint density at radius 2 is 2.22 bits per heavy atom. The maximum Gasteiger partial charge on any atom is 0.124 e. The van der Waals surface area contributed by atoms with Gasteiger partial charge in [0.05, 0.1) is 16.7 Å². The Labute approximate surface area is 111 Å². The summed E-state index contributed by atoms with van der Waals surface area (Å²) in [5, 5.41) is 4.69. The van der Waals surface area contributed by atoms with Crippen molar-refractivity contribution in [1.29, 1.82) is 0 Å². The number of benzene rings is 1. The molecule has 1 aromatic heterocycles. The number of fused-ring (bicyclic) bond motifs is 1. The molecule has 3 rings (SSSR count). The first kappa shape index (κ1) is 11.7. The molecular formula is C14H16N2OS. The molecule has 1 aromatic carbocycles. The van der Waals surface area contributed by atoms with E-state index in [2.05, 4.69) is 36.3 Å². The molecule has 1 N–H and O–H groups in total. The van der Waals surface area contributed by atoms with Crippen molar-refractivity contribution in [2.75, 3.05) is 6.61 Å². The molecule has 0 aliphatic carbocycles. The molecule has 0 spiro atoms. The van der Waals surface area contributed by atoms with E-state index in [0.29, 0.717) is 6.04 Å². The first-order chi connectivity index (χ1) is 8.74. The van der Waals surface area contributed by atoms with E-state index in [-0.39, 0.29) is 0 Å². The number of aryl methyl sites for hydroxylation is 2. The largest absolute Gasteiger partial charge is 0.491 e. The summed E-state index contributed by atoms with van der Waals surface area (Å²) in [7, 11) is 0. The van der Waals surface area contributed by atoms with Gasteiger partial charge in [0.25, 0.3) is 0 Å². The van der Waals surface area contributed by atoms with Gasteiger partial charge in [-0.15, -0.1) is 11.3 Å². The Morgan fingerprint density at radius 1 is 1.39 bits per heavy atom. The minimum absolute atomic E-state index is 0.294. The van der Waals surface area contributed by atoms with Crippen LogP contribution in [0.5, 0.6) is 5.75 Å². The predicted molar refractivity (Wildman–Crippen MR) is 73.1 cm³/mol. The lowest BCUT2D eigenvalue weighted by Crippen LogP contribution is -2.21. The van der Waals surface area contributed by atoms with Crippen LogP contribution >= 0.6 is 11.3 Å². The third kappa shape index (κ3) is 2.13. The number of nitrogens with zero attached hydrogens (tertiary/aromatic N) is 1. The fourth-order valence-electron chi connectivity index (χ4n) is 2.29. The second-order valence-corrected chi connectivity index (χ2v) is 5.81. The average Bonchev–Trinajstić information content (AvgIpc) is 2.90. The molecule has 0 fully saturated rings. The van der Waals surface area contributed by atoms with Gasteiger partial charge in [-0.2, -0.15) is 0 Å². The molecule has 1 aliphatic heterocycles. The monoisotopic (exact) mass is 260 g/mol. The molecule has 1 aliphatic rings. The van der Waals surface area contributed by atoms with Crippen LogP contribution in [0.2, 0.25) is 0 Å². The second kappa shape index (κ2) is 4.71. The predicted octanol–water partition coefficient (Wildman–Crippen LogP) is 2.98. The highest BCUT2D eigenvalue weighted by Gasteiger charge is 2.23. The summed E-state index contributed by atoms with van der Waals surface area (Å²) in [6, 6.07) is 8.52. The van der Waals surface area contributed by atoms with Gasteiger partial charge in [-0.3, -0.25) is 0 Å². The highest BCUT2D eigenvalue weighted by molar-refractivity contribution is 7.11. The van der Waals surface area contributed by atoms with E-state index in [1.165, 1.54) is 10.4 Å². The van der Waals surface area contributed by atoms with Crippen LogP contribution in [0, 0.1) is 13.8 Å². The van der Waals surface area contributed by atoms with Crippen LogP contribution in [-0.4, -0.2) is 11.6 Å². The van der Waals surface area contributed by atoms with Crippen molar-refractivity contribution < 1.29 is 4.74 Å². The Morgan fingerprint density at radius 3 is 3.00 bits per heavy atom. The van der Waals surface area contributed by atoms with Crippen molar-refractivity contribution in [3.8, 4) is 5.75 Å². The Kier molecular flexibility index (Phi) is 3.06. The Hall–Kier alpha value is -1.39. The zero-order valence-electron chi connectivity index (χ0n) is 10.6. The molecule has 0 bridgehead atoms. The first-order valence-electron chi connectivity index (χ1n) is 6.12. The van der Waals surface area contributed by atoms with Crippen molar-refractivity contribution in [3.63, 3.8) is 0 Å². The van der Waals surface area contributed by atoms with Crippen molar-refractivity contribution in [2.45, 2.75) is 26.4 Å². The fourth-order valence-corrected chi connectivity index (χ4v) is 3.17. The van der Waals surface area contributed by atoms with Crippen molar-refractivity contribution in [1.82, 2.24) is 10.3 Å². The number of aromatic nitrogens is 1. The minimum Gasteiger partial charge on any atom is -0.491 e. The van der Waals surface area contributed by atoms with Crippen molar-refractivity contribution >= 4 is 11.3 Å². The van der Waals surface area contributed by atoms with Gasteiger partial charge in [-0.25, -0.2) is 4.98 Å². The third-order valence-corrected chi connectivity index (χ3v) is 4.28. The molecule has 0 saturated heterocycles. The number of hydrogen-bond acceptors (Lipinski definition) is 4. The van der Waals surface area contributed by atoms with Gasteiger partial charge in [0.1, 0.15) is 12.4 Å². The summed E-state index contributed by atoms with van der Waals surface area (Å²) in [5.41, 5.74) is 2.40. The molecule has 0 saturated carbocycles. The average molecular weight is 260 g/mol. The Balaban J connectivity index is 1.70. The molecule has 2 aromatic rings. The lowest BCUT2D eigenvalue weighted by Gasteiger charge is -2.10. The highest BCUT2D eigenvalue weighted by atomic mass is 32.1. The minimum atomic E-state index is 0.294. The number of hydrogen-bond donors (Lipinski definition) is 1. The molecule has 1 unspecified atom stereocenters. The Bertz CT molecular complexity index is 565. The molecule has 18 heavy (non-hydrogen) atoms. The van der Waals surface area contributed by atoms with Gasteiger partial charge in [0, 0.05) is 17.0 Å². The zero-order valence-corrected chi connectivity index (χ0v) is 11.4. The molecule has 3 nitrogen and oxygen atoms in total. The van der Waals surface area contributed by atoms with Gasteiger partial charge in [0.15, 0.2) is 0 Å². The molecule has 2 heterocycles. The van der Waals surface area contributed by atoms with Crippen LogP contribution in [0.15, 0.2) is 24.3 Å². The van der Waals surface area contributed by atoms with E-state index < -0.39 is 0 Å². The van der Waals surface area contributed by atoms with E-state index >= 15 is 0 Å². The van der Waals surface area contributed by atoms with Crippen molar-refractivity contribution in [3.05, 3.63) is 45.4 Å². The maximum absolute atomic E-state index is 5.66. The summed E-state index contributed by atoms with van der Waals surface area (Å²) >= 11 is 1.76. The summed E-state index contributed by atoms with van der Waals surface area (Å²) in [6.45, 7) is 5.70. The lowest BCUT2D eigenvalue weighted by atomic mass is 10.1. The second-order valence-electron chi connectivity index (χ2n) is 4.52. The summed E-state index contributed by atoms with van der Waals surface area (Å²) in [5.74, 6) is 1.01. The van der Waals surface area contributed by atoms with Gasteiger partial charge >= 0.3 is 0 Å². The molecule has 0 radical (unpaired) electrons. The highest BCUT2D eigenvalue weighted by Crippen LogP contribution is 2.32. The van der Waals surface area contributed by atoms with Gasteiger partial charge in [-0.1, -0.05) is 18.2 Å². The fraction of sp³-hybridized carbons (Fsp3) is 0.357. The number of para-hydroxylation sites is 1. The van der Waals surface area contributed by atoms with Gasteiger partial charge in [-0.05, 0) is 19.9 Å². The van der Waals surface area contributed by atoms with Crippen LogP contribution in [0.25, 0.3) is 0 Å². The summed E-state index contributed by atoms with van der Waals surface area (Å²) in [6.07, 6.45) is 0. The third-order valence-electron chi connectivity index (χ3n) is 3.21.